The number of hydrogen-bond acceptors (Lipinski definition) is 5. The molecule has 0 saturated carbocycles. The summed E-state index contributed by atoms with van der Waals surface area (Å²) < 4.78 is 0. The van der Waals surface area contributed by atoms with Gasteiger partial charge in [-0.3, -0.25) is 9.89 Å². The number of nitrogens with zero attached hydrogens (tertiary/aromatic N) is 2. The summed E-state index contributed by atoms with van der Waals surface area (Å²) in [5.74, 6) is 0.344. The molecular weight excluding hydrogens is 292 g/mol. The molecule has 0 aliphatic heterocycles. The zero-order valence-corrected chi connectivity index (χ0v) is 12.3. The van der Waals surface area contributed by atoms with Crippen LogP contribution in [-0.4, -0.2) is 21.1 Å². The van der Waals surface area contributed by atoms with Crippen LogP contribution < -0.4 is 5.32 Å². The number of aromatic nitrogens is 3. The molecule has 0 fully saturated rings. The van der Waals surface area contributed by atoms with Crippen molar-refractivity contribution in [2.24, 2.45) is 0 Å². The summed E-state index contributed by atoms with van der Waals surface area (Å²) in [7, 11) is 0. The Morgan fingerprint density at radius 2 is 2.40 bits per heavy atom. The molecule has 3 aromatic heterocycles. The first-order valence-corrected chi connectivity index (χ1v) is 7.81. The first kappa shape index (κ1) is 13.0. The minimum atomic E-state index is -0.175. The normalized spacial score (nSPS) is 10.7. The molecule has 0 bridgehead atoms. The number of thiophene rings is 1. The van der Waals surface area contributed by atoms with E-state index in [4.69, 9.17) is 0 Å². The second-order valence-electron chi connectivity index (χ2n) is 4.07. The standard InChI is InChI=1S/C13H12N4OS2/c1-2-12-14-7-10(20-12)13(18)15-11-6-8(16-17-11)9-4-3-5-19-9/h3-7H,2H2,1H3,(H2,15,16,17,18). The van der Waals surface area contributed by atoms with E-state index in [2.05, 4.69) is 20.5 Å². The molecule has 0 aliphatic carbocycles. The van der Waals surface area contributed by atoms with Gasteiger partial charge in [-0.15, -0.1) is 22.7 Å². The van der Waals surface area contributed by atoms with Crippen molar-refractivity contribution in [3.63, 3.8) is 0 Å². The van der Waals surface area contributed by atoms with E-state index >= 15 is 0 Å². The van der Waals surface area contributed by atoms with Crippen molar-refractivity contribution in [3.8, 4) is 10.6 Å². The molecule has 20 heavy (non-hydrogen) atoms. The van der Waals surface area contributed by atoms with Crippen molar-refractivity contribution in [3.05, 3.63) is 39.7 Å². The lowest BCUT2D eigenvalue weighted by Gasteiger charge is -1.96. The SMILES string of the molecule is CCc1ncc(C(=O)Nc2cc(-c3cccs3)[nH]n2)s1. The molecule has 102 valence electrons. The van der Waals surface area contributed by atoms with Crippen molar-refractivity contribution in [2.75, 3.05) is 5.32 Å². The number of H-pyrrole nitrogens is 1. The number of thiazole rings is 1. The third kappa shape index (κ3) is 2.63. The number of aryl methyl sites for hydroxylation is 1. The molecule has 2 N–H and O–H groups in total. The summed E-state index contributed by atoms with van der Waals surface area (Å²) in [6, 6.07) is 5.80. The van der Waals surface area contributed by atoms with E-state index in [0.717, 1.165) is 22.0 Å². The van der Waals surface area contributed by atoms with Crippen LogP contribution in [0.25, 0.3) is 10.6 Å². The molecule has 5 nitrogen and oxygen atoms in total. The van der Waals surface area contributed by atoms with Gasteiger partial charge in [0.2, 0.25) is 0 Å². The quantitative estimate of drug-likeness (QED) is 0.776. The third-order valence-corrected chi connectivity index (χ3v) is 4.73. The van der Waals surface area contributed by atoms with Crippen LogP contribution in [0.2, 0.25) is 0 Å². The van der Waals surface area contributed by atoms with Crippen LogP contribution in [0.3, 0.4) is 0 Å². The van der Waals surface area contributed by atoms with E-state index in [1.807, 2.05) is 30.5 Å². The van der Waals surface area contributed by atoms with Crippen molar-refractivity contribution in [2.45, 2.75) is 13.3 Å². The van der Waals surface area contributed by atoms with Crippen molar-refractivity contribution < 1.29 is 4.79 Å². The number of rotatable bonds is 4. The molecule has 0 aliphatic rings. The molecular formula is C13H12N4OS2. The van der Waals surface area contributed by atoms with E-state index in [1.54, 1.807) is 17.5 Å². The lowest BCUT2D eigenvalue weighted by molar-refractivity contribution is 0.103. The molecule has 1 amide bonds. The van der Waals surface area contributed by atoms with Gasteiger partial charge >= 0.3 is 0 Å². The fraction of sp³-hybridized carbons (Fsp3) is 0.154. The molecule has 7 heteroatoms. The molecule has 3 heterocycles. The lowest BCUT2D eigenvalue weighted by atomic mass is 10.3. The summed E-state index contributed by atoms with van der Waals surface area (Å²) in [6.45, 7) is 2.02. The van der Waals surface area contributed by atoms with Crippen molar-refractivity contribution >= 4 is 34.4 Å². The van der Waals surface area contributed by atoms with Gasteiger partial charge in [-0.1, -0.05) is 13.0 Å². The Labute approximate surface area is 123 Å². The molecule has 0 saturated heterocycles. The van der Waals surface area contributed by atoms with Gasteiger partial charge in [0.05, 0.1) is 21.8 Å². The monoisotopic (exact) mass is 304 g/mol. The van der Waals surface area contributed by atoms with Gasteiger partial charge in [-0.25, -0.2) is 4.98 Å². The molecule has 3 aromatic rings. The third-order valence-electron chi connectivity index (χ3n) is 2.69. The molecule has 0 spiro atoms. The van der Waals surface area contributed by atoms with Crippen molar-refractivity contribution in [1.82, 2.24) is 15.2 Å². The smallest absolute Gasteiger partial charge is 0.268 e. The number of carbonyl (C=O) groups is 1. The highest BCUT2D eigenvalue weighted by Gasteiger charge is 2.12. The second-order valence-corrected chi connectivity index (χ2v) is 6.13. The predicted octanol–water partition coefficient (Wildman–Crippen LogP) is 3.41. The second kappa shape index (κ2) is 5.56. The van der Waals surface area contributed by atoms with E-state index in [9.17, 15) is 4.79 Å². The minimum Gasteiger partial charge on any atom is -0.304 e. The summed E-state index contributed by atoms with van der Waals surface area (Å²) in [4.78, 5) is 17.9. The van der Waals surface area contributed by atoms with Crippen LogP contribution in [0.1, 0.15) is 21.6 Å². The molecule has 0 atom stereocenters. The predicted molar refractivity (Wildman–Crippen MR) is 81.3 cm³/mol. The Bertz CT molecular complexity index is 714. The highest BCUT2D eigenvalue weighted by atomic mass is 32.1. The Kier molecular flexibility index (Phi) is 3.62. The number of carbonyl (C=O) groups excluding carboxylic acids is 1. The van der Waals surface area contributed by atoms with Crippen LogP contribution in [0.4, 0.5) is 5.82 Å². The summed E-state index contributed by atoms with van der Waals surface area (Å²) in [5.41, 5.74) is 0.897. The lowest BCUT2D eigenvalue weighted by Crippen LogP contribution is -2.10. The highest BCUT2D eigenvalue weighted by Crippen LogP contribution is 2.24. The summed E-state index contributed by atoms with van der Waals surface area (Å²) in [6.07, 6.45) is 2.44. The topological polar surface area (TPSA) is 70.7 Å². The van der Waals surface area contributed by atoms with E-state index < -0.39 is 0 Å². The van der Waals surface area contributed by atoms with Crippen LogP contribution in [0, 0.1) is 0 Å². The molecule has 3 rings (SSSR count). The molecule has 0 radical (unpaired) electrons. The van der Waals surface area contributed by atoms with Gasteiger partial charge < -0.3 is 5.32 Å². The first-order valence-electron chi connectivity index (χ1n) is 6.11. The fourth-order valence-corrected chi connectivity index (χ4v) is 3.15. The maximum Gasteiger partial charge on any atom is 0.268 e. The number of nitrogens with one attached hydrogen (secondary N) is 2. The van der Waals surface area contributed by atoms with Crippen LogP contribution >= 0.6 is 22.7 Å². The number of amides is 1. The zero-order chi connectivity index (χ0) is 13.9. The largest absolute Gasteiger partial charge is 0.304 e. The molecule has 0 aromatic carbocycles. The van der Waals surface area contributed by atoms with Gasteiger partial charge in [0.25, 0.3) is 5.91 Å². The van der Waals surface area contributed by atoms with E-state index in [0.29, 0.717) is 10.7 Å². The Morgan fingerprint density at radius 1 is 1.50 bits per heavy atom. The van der Waals surface area contributed by atoms with Gasteiger partial charge in [-0.05, 0) is 17.9 Å². The minimum absolute atomic E-state index is 0.175. The van der Waals surface area contributed by atoms with Crippen molar-refractivity contribution in [1.29, 1.82) is 0 Å². The highest BCUT2D eigenvalue weighted by molar-refractivity contribution is 7.14. The number of aromatic amines is 1. The number of hydrogen-bond donors (Lipinski definition) is 2. The summed E-state index contributed by atoms with van der Waals surface area (Å²) in [5, 5.41) is 12.7. The average molecular weight is 304 g/mol. The number of anilines is 1. The summed E-state index contributed by atoms with van der Waals surface area (Å²) >= 11 is 3.02. The van der Waals surface area contributed by atoms with E-state index in [1.165, 1.54) is 11.3 Å². The zero-order valence-electron chi connectivity index (χ0n) is 10.7. The Balaban J connectivity index is 1.73. The van der Waals surface area contributed by atoms with Gasteiger partial charge in [0.15, 0.2) is 5.82 Å². The molecule has 0 unspecified atom stereocenters. The Hall–Kier alpha value is -1.99. The van der Waals surface area contributed by atoms with Crippen LogP contribution in [-0.2, 0) is 6.42 Å². The van der Waals surface area contributed by atoms with Gasteiger partial charge in [0.1, 0.15) is 4.88 Å². The maximum atomic E-state index is 12.0. The average Bonchev–Trinajstić information content (AvgIpc) is 3.19. The van der Waals surface area contributed by atoms with Gasteiger partial charge in [-0.2, -0.15) is 5.10 Å². The Morgan fingerprint density at radius 3 is 3.10 bits per heavy atom. The van der Waals surface area contributed by atoms with Crippen LogP contribution in [0.5, 0.6) is 0 Å². The van der Waals surface area contributed by atoms with Crippen LogP contribution in [0.15, 0.2) is 29.8 Å². The maximum absolute atomic E-state index is 12.0. The fourth-order valence-electron chi connectivity index (χ4n) is 1.70. The first-order chi connectivity index (χ1) is 9.76. The van der Waals surface area contributed by atoms with E-state index in [-0.39, 0.29) is 5.91 Å². The van der Waals surface area contributed by atoms with Gasteiger partial charge in [0, 0.05) is 6.07 Å².